The van der Waals surface area contributed by atoms with Gasteiger partial charge in [0, 0.05) is 30.6 Å². The molecule has 0 radical (unpaired) electrons. The van der Waals surface area contributed by atoms with E-state index in [1.807, 2.05) is 42.1 Å². The Bertz CT molecular complexity index is 500. The number of ketones is 1. The van der Waals surface area contributed by atoms with Crippen molar-refractivity contribution < 1.29 is 4.79 Å². The molecule has 0 atom stereocenters. The number of Topliss-reactive ketones (excluding diaryl/α,β-unsaturated/α-hetero) is 1. The van der Waals surface area contributed by atoms with Crippen LogP contribution in [0.4, 0.5) is 0 Å². The fraction of sp³-hybridized carbons (Fsp3) is 0.167. The summed E-state index contributed by atoms with van der Waals surface area (Å²) in [5.74, 6) is 0.884. The number of aryl methyl sites for hydroxylation is 1. The minimum Gasteiger partial charge on any atom is -0.334 e. The van der Waals surface area contributed by atoms with Gasteiger partial charge in [-0.15, -0.1) is 0 Å². The molecular formula is C12H12N2O. The Morgan fingerprint density at radius 2 is 2.07 bits per heavy atom. The number of rotatable bonds is 2. The first-order valence-corrected chi connectivity index (χ1v) is 4.78. The highest BCUT2D eigenvalue weighted by molar-refractivity contribution is 6.00. The third-order valence-corrected chi connectivity index (χ3v) is 2.37. The highest BCUT2D eigenvalue weighted by Gasteiger charge is 2.11. The van der Waals surface area contributed by atoms with Crippen LogP contribution in [0.5, 0.6) is 0 Å². The summed E-state index contributed by atoms with van der Waals surface area (Å²) in [6, 6.07) is 7.52. The number of aromatic nitrogens is 2. The fourth-order valence-corrected chi connectivity index (χ4v) is 1.61. The van der Waals surface area contributed by atoms with Crippen LogP contribution in [-0.2, 0) is 7.05 Å². The lowest BCUT2D eigenvalue weighted by atomic mass is 10.0. The maximum absolute atomic E-state index is 11.4. The molecule has 0 unspecified atom stereocenters. The van der Waals surface area contributed by atoms with Gasteiger partial charge in [0.05, 0.1) is 0 Å². The number of imidazole rings is 1. The number of hydrogen-bond acceptors (Lipinski definition) is 2. The van der Waals surface area contributed by atoms with Crippen molar-refractivity contribution in [2.45, 2.75) is 6.92 Å². The van der Waals surface area contributed by atoms with Gasteiger partial charge in [0.2, 0.25) is 0 Å². The number of carbonyl (C=O) groups is 1. The molecule has 0 aliphatic carbocycles. The molecule has 0 N–H and O–H groups in total. The van der Waals surface area contributed by atoms with E-state index in [1.54, 1.807) is 13.1 Å². The van der Waals surface area contributed by atoms with Crippen LogP contribution in [0.2, 0.25) is 0 Å². The summed E-state index contributed by atoms with van der Waals surface area (Å²) in [4.78, 5) is 15.7. The molecule has 0 spiro atoms. The van der Waals surface area contributed by atoms with E-state index in [4.69, 9.17) is 0 Å². The van der Waals surface area contributed by atoms with Crippen LogP contribution >= 0.6 is 0 Å². The molecule has 1 aromatic carbocycles. The Morgan fingerprint density at radius 1 is 1.33 bits per heavy atom. The third kappa shape index (κ3) is 1.68. The molecule has 3 nitrogen and oxygen atoms in total. The van der Waals surface area contributed by atoms with Gasteiger partial charge in [-0.3, -0.25) is 4.79 Å². The molecule has 76 valence electrons. The van der Waals surface area contributed by atoms with Gasteiger partial charge in [0.1, 0.15) is 5.82 Å². The smallest absolute Gasteiger partial charge is 0.160 e. The van der Waals surface area contributed by atoms with Crippen LogP contribution in [0, 0.1) is 0 Å². The molecule has 0 saturated heterocycles. The lowest BCUT2D eigenvalue weighted by Gasteiger charge is -2.06. The van der Waals surface area contributed by atoms with E-state index in [9.17, 15) is 4.79 Å². The number of hydrogen-bond donors (Lipinski definition) is 0. The zero-order valence-electron chi connectivity index (χ0n) is 8.77. The van der Waals surface area contributed by atoms with Gasteiger partial charge in [0.25, 0.3) is 0 Å². The quantitative estimate of drug-likeness (QED) is 0.697. The van der Waals surface area contributed by atoms with E-state index >= 15 is 0 Å². The Kier molecular flexibility index (Phi) is 2.37. The molecule has 0 bridgehead atoms. The monoisotopic (exact) mass is 200 g/mol. The van der Waals surface area contributed by atoms with Gasteiger partial charge >= 0.3 is 0 Å². The Morgan fingerprint density at radius 3 is 2.67 bits per heavy atom. The van der Waals surface area contributed by atoms with Crippen LogP contribution < -0.4 is 0 Å². The van der Waals surface area contributed by atoms with E-state index in [0.29, 0.717) is 5.56 Å². The Hall–Kier alpha value is -1.90. The minimum absolute atomic E-state index is 0.0635. The summed E-state index contributed by atoms with van der Waals surface area (Å²) in [6.45, 7) is 1.57. The van der Waals surface area contributed by atoms with Crippen molar-refractivity contribution in [2.24, 2.45) is 7.05 Å². The van der Waals surface area contributed by atoms with Crippen molar-refractivity contribution in [3.63, 3.8) is 0 Å². The Labute approximate surface area is 88.4 Å². The zero-order valence-corrected chi connectivity index (χ0v) is 8.77. The molecule has 2 aromatic rings. The lowest BCUT2D eigenvalue weighted by Crippen LogP contribution is -1.99. The maximum atomic E-state index is 11.4. The van der Waals surface area contributed by atoms with E-state index in [0.717, 1.165) is 11.4 Å². The van der Waals surface area contributed by atoms with E-state index < -0.39 is 0 Å². The summed E-state index contributed by atoms with van der Waals surface area (Å²) in [5, 5.41) is 0. The SMILES string of the molecule is CC(=O)c1ccccc1-c1nccn1C. The van der Waals surface area contributed by atoms with Crippen molar-refractivity contribution >= 4 is 5.78 Å². The molecule has 15 heavy (non-hydrogen) atoms. The van der Waals surface area contributed by atoms with Gasteiger partial charge < -0.3 is 4.57 Å². The van der Waals surface area contributed by atoms with Gasteiger partial charge in [-0.2, -0.15) is 0 Å². The summed E-state index contributed by atoms with van der Waals surface area (Å²) in [7, 11) is 1.92. The minimum atomic E-state index is 0.0635. The first-order chi connectivity index (χ1) is 7.20. The van der Waals surface area contributed by atoms with Crippen molar-refractivity contribution in [3.05, 3.63) is 42.2 Å². The van der Waals surface area contributed by atoms with Crippen molar-refractivity contribution in [3.8, 4) is 11.4 Å². The number of nitrogens with zero attached hydrogens (tertiary/aromatic N) is 2. The summed E-state index contributed by atoms with van der Waals surface area (Å²) >= 11 is 0. The first-order valence-electron chi connectivity index (χ1n) is 4.78. The summed E-state index contributed by atoms with van der Waals surface area (Å²) in [6.07, 6.45) is 3.60. The van der Waals surface area contributed by atoms with Crippen molar-refractivity contribution in [2.75, 3.05) is 0 Å². The third-order valence-electron chi connectivity index (χ3n) is 2.37. The number of benzene rings is 1. The second-order valence-electron chi connectivity index (χ2n) is 3.46. The second kappa shape index (κ2) is 3.69. The Balaban J connectivity index is 2.63. The average Bonchev–Trinajstić information content (AvgIpc) is 2.64. The average molecular weight is 200 g/mol. The highest BCUT2D eigenvalue weighted by Crippen LogP contribution is 2.21. The van der Waals surface area contributed by atoms with Crippen molar-refractivity contribution in [1.82, 2.24) is 9.55 Å². The maximum Gasteiger partial charge on any atom is 0.160 e. The molecule has 1 aromatic heterocycles. The van der Waals surface area contributed by atoms with Gasteiger partial charge in [-0.1, -0.05) is 24.3 Å². The molecule has 0 aliphatic heterocycles. The molecule has 1 heterocycles. The van der Waals surface area contributed by atoms with E-state index in [-0.39, 0.29) is 5.78 Å². The van der Waals surface area contributed by atoms with Gasteiger partial charge in [-0.25, -0.2) is 4.98 Å². The largest absolute Gasteiger partial charge is 0.334 e. The zero-order chi connectivity index (χ0) is 10.8. The predicted molar refractivity (Wildman–Crippen MR) is 58.6 cm³/mol. The van der Waals surface area contributed by atoms with Gasteiger partial charge in [-0.05, 0) is 6.92 Å². The fourth-order valence-electron chi connectivity index (χ4n) is 1.61. The van der Waals surface area contributed by atoms with Crippen LogP contribution in [0.25, 0.3) is 11.4 Å². The lowest BCUT2D eigenvalue weighted by molar-refractivity contribution is 0.101. The highest BCUT2D eigenvalue weighted by atomic mass is 16.1. The van der Waals surface area contributed by atoms with Crippen LogP contribution in [-0.4, -0.2) is 15.3 Å². The normalized spacial score (nSPS) is 10.3. The molecule has 0 fully saturated rings. The first kappa shape index (κ1) is 9.65. The molecule has 0 amide bonds. The molecular weight excluding hydrogens is 188 g/mol. The van der Waals surface area contributed by atoms with Crippen LogP contribution in [0.15, 0.2) is 36.7 Å². The van der Waals surface area contributed by atoms with Crippen LogP contribution in [0.3, 0.4) is 0 Å². The predicted octanol–water partition coefficient (Wildman–Crippen LogP) is 2.29. The van der Waals surface area contributed by atoms with E-state index in [1.165, 1.54) is 0 Å². The molecule has 0 saturated carbocycles. The topological polar surface area (TPSA) is 34.9 Å². The summed E-state index contributed by atoms with van der Waals surface area (Å²) < 4.78 is 1.90. The molecule has 0 aliphatic rings. The van der Waals surface area contributed by atoms with Crippen molar-refractivity contribution in [1.29, 1.82) is 0 Å². The van der Waals surface area contributed by atoms with Gasteiger partial charge in [0.15, 0.2) is 5.78 Å². The molecule has 3 heteroatoms. The molecule has 2 rings (SSSR count). The standard InChI is InChI=1S/C12H12N2O/c1-9(15)10-5-3-4-6-11(10)12-13-7-8-14(12)2/h3-8H,1-2H3. The van der Waals surface area contributed by atoms with E-state index in [2.05, 4.69) is 4.98 Å². The number of carbonyl (C=O) groups excluding carboxylic acids is 1. The summed E-state index contributed by atoms with van der Waals surface area (Å²) in [5.41, 5.74) is 1.60. The second-order valence-corrected chi connectivity index (χ2v) is 3.46. The van der Waals surface area contributed by atoms with Crippen LogP contribution in [0.1, 0.15) is 17.3 Å².